The van der Waals surface area contributed by atoms with Crippen LogP contribution in [-0.4, -0.2) is 62.3 Å². The van der Waals surface area contributed by atoms with Gasteiger partial charge in [-0.2, -0.15) is 0 Å². The molecule has 0 atom stereocenters. The van der Waals surface area contributed by atoms with Crippen LogP contribution in [0.15, 0.2) is 0 Å². The zero-order valence-electron chi connectivity index (χ0n) is 13.5. The van der Waals surface area contributed by atoms with Gasteiger partial charge in [-0.15, -0.1) is 0 Å². The molecule has 0 saturated carbocycles. The lowest BCUT2D eigenvalue weighted by atomic mass is 10.1. The van der Waals surface area contributed by atoms with Crippen LogP contribution in [0, 0.1) is 0 Å². The van der Waals surface area contributed by atoms with E-state index in [2.05, 4.69) is 14.1 Å². The van der Waals surface area contributed by atoms with Crippen LogP contribution in [0.3, 0.4) is 0 Å². The van der Waals surface area contributed by atoms with Gasteiger partial charge in [-0.25, -0.2) is 0 Å². The van der Waals surface area contributed by atoms with Gasteiger partial charge in [0.2, 0.25) is 0 Å². The van der Waals surface area contributed by atoms with Crippen LogP contribution in [0.2, 0.25) is 0 Å². The quantitative estimate of drug-likeness (QED) is 0.309. The summed E-state index contributed by atoms with van der Waals surface area (Å²) in [7, 11) is 4.92. The topological polar surface area (TPSA) is 0 Å². The summed E-state index contributed by atoms with van der Waals surface area (Å²) < 4.78 is 2.74. The molecule has 0 bridgehead atoms. The molecular weight excluding hydrogens is 380 g/mol. The summed E-state index contributed by atoms with van der Waals surface area (Å²) >= 11 is 0. The average Bonchev–Trinajstić information content (AvgIpc) is 2.94. The fraction of sp³-hybridized carbons (Fsp3) is 1.00. The van der Waals surface area contributed by atoms with Gasteiger partial charge in [-0.05, 0) is 25.7 Å². The Morgan fingerprint density at radius 1 is 0.550 bits per heavy atom. The largest absolute Gasteiger partial charge is 1.00 e. The van der Waals surface area contributed by atoms with Crippen molar-refractivity contribution in [3.8, 4) is 0 Å². The van der Waals surface area contributed by atoms with E-state index >= 15 is 0 Å². The molecule has 0 spiro atoms. The molecule has 0 unspecified atom stereocenters. The minimum Gasteiger partial charge on any atom is -1.00 e. The number of hydrogen-bond acceptors (Lipinski definition) is 0. The van der Waals surface area contributed by atoms with Gasteiger partial charge < -0.3 is 42.9 Å². The highest BCUT2D eigenvalue weighted by Gasteiger charge is 2.27. The van der Waals surface area contributed by atoms with Crippen molar-refractivity contribution >= 4 is 0 Å². The molecule has 4 heteroatoms. The van der Waals surface area contributed by atoms with Gasteiger partial charge in [0, 0.05) is 25.7 Å². The van der Waals surface area contributed by atoms with E-state index in [1.54, 1.807) is 0 Å². The molecule has 0 radical (unpaired) electrons. The average molecular weight is 414 g/mol. The van der Waals surface area contributed by atoms with Gasteiger partial charge >= 0.3 is 0 Å². The SMILES string of the molecule is C[N+]1(CCCCCC[N+]2(C)CCCC2)CCCC1.[Br-].[Br-]. The van der Waals surface area contributed by atoms with Crippen molar-refractivity contribution in [2.24, 2.45) is 0 Å². The van der Waals surface area contributed by atoms with Crippen molar-refractivity contribution in [2.75, 3.05) is 53.4 Å². The van der Waals surface area contributed by atoms with Crippen LogP contribution in [0.1, 0.15) is 51.4 Å². The number of quaternary nitrogens is 2. The number of nitrogens with zero attached hydrogens (tertiary/aromatic N) is 2. The first kappa shape index (κ1) is 20.9. The van der Waals surface area contributed by atoms with Crippen molar-refractivity contribution in [3.63, 3.8) is 0 Å². The Balaban J connectivity index is 0.00000180. The summed E-state index contributed by atoms with van der Waals surface area (Å²) in [6.45, 7) is 8.63. The molecule has 0 aromatic rings. The molecule has 0 amide bonds. The lowest BCUT2D eigenvalue weighted by molar-refractivity contribution is -0.898. The van der Waals surface area contributed by atoms with Crippen LogP contribution in [-0.2, 0) is 0 Å². The maximum Gasteiger partial charge on any atom is 0.0786 e. The molecule has 0 aromatic heterocycles. The van der Waals surface area contributed by atoms with Crippen LogP contribution in [0.4, 0.5) is 0 Å². The van der Waals surface area contributed by atoms with E-state index in [4.69, 9.17) is 0 Å². The Morgan fingerprint density at radius 3 is 1.15 bits per heavy atom. The molecule has 2 rings (SSSR count). The Hall–Kier alpha value is 0.880. The third-order valence-corrected chi connectivity index (χ3v) is 5.44. The van der Waals surface area contributed by atoms with E-state index in [0.29, 0.717) is 0 Å². The summed E-state index contributed by atoms with van der Waals surface area (Å²) in [6.07, 6.45) is 11.7. The highest BCUT2D eigenvalue weighted by atomic mass is 79.9. The van der Waals surface area contributed by atoms with E-state index in [1.807, 2.05) is 0 Å². The van der Waals surface area contributed by atoms with E-state index in [9.17, 15) is 0 Å². The van der Waals surface area contributed by atoms with E-state index in [0.717, 1.165) is 0 Å². The monoisotopic (exact) mass is 412 g/mol. The predicted octanol–water partition coefficient (Wildman–Crippen LogP) is -2.96. The lowest BCUT2D eigenvalue weighted by Crippen LogP contribution is -3.00. The van der Waals surface area contributed by atoms with E-state index in [1.165, 1.54) is 99.6 Å². The Bertz CT molecular complexity index is 221. The smallest absolute Gasteiger partial charge is 0.0786 e. The number of unbranched alkanes of at least 4 members (excludes halogenated alkanes) is 3. The molecule has 0 N–H and O–H groups in total. The second-order valence-electron chi connectivity index (χ2n) is 7.41. The summed E-state index contributed by atoms with van der Waals surface area (Å²) in [4.78, 5) is 0. The highest BCUT2D eigenvalue weighted by molar-refractivity contribution is 4.54. The number of halogens is 2. The third-order valence-electron chi connectivity index (χ3n) is 5.44. The lowest BCUT2D eigenvalue weighted by Gasteiger charge is -2.30. The van der Waals surface area contributed by atoms with Crippen LogP contribution in [0.25, 0.3) is 0 Å². The summed E-state index contributed by atoms with van der Waals surface area (Å²) in [5.41, 5.74) is 0. The first-order valence-electron chi connectivity index (χ1n) is 8.29. The van der Waals surface area contributed by atoms with Crippen molar-refractivity contribution in [1.29, 1.82) is 0 Å². The van der Waals surface area contributed by atoms with Gasteiger partial charge in [0.15, 0.2) is 0 Å². The van der Waals surface area contributed by atoms with Gasteiger partial charge in [0.1, 0.15) is 0 Å². The molecule has 2 saturated heterocycles. The molecule has 2 aliphatic rings. The normalized spacial score (nSPS) is 23.1. The fourth-order valence-corrected chi connectivity index (χ4v) is 3.99. The van der Waals surface area contributed by atoms with E-state index < -0.39 is 0 Å². The Kier molecular flexibility index (Phi) is 10.2. The maximum absolute atomic E-state index is 2.46. The minimum atomic E-state index is 0. The van der Waals surface area contributed by atoms with Gasteiger partial charge in [0.25, 0.3) is 0 Å². The maximum atomic E-state index is 2.46. The first-order valence-corrected chi connectivity index (χ1v) is 8.29. The van der Waals surface area contributed by atoms with Gasteiger partial charge in [-0.1, -0.05) is 0 Å². The molecule has 122 valence electrons. The predicted molar refractivity (Wildman–Crippen MR) is 78.5 cm³/mol. The molecule has 2 fully saturated rings. The van der Waals surface area contributed by atoms with Gasteiger partial charge in [-0.3, -0.25) is 0 Å². The van der Waals surface area contributed by atoms with Crippen molar-refractivity contribution in [1.82, 2.24) is 0 Å². The third kappa shape index (κ3) is 6.76. The van der Waals surface area contributed by atoms with Crippen molar-refractivity contribution in [2.45, 2.75) is 51.4 Å². The fourth-order valence-electron chi connectivity index (χ4n) is 3.99. The Morgan fingerprint density at radius 2 is 0.850 bits per heavy atom. The van der Waals surface area contributed by atoms with Crippen molar-refractivity contribution < 1.29 is 42.9 Å². The van der Waals surface area contributed by atoms with Crippen molar-refractivity contribution in [3.05, 3.63) is 0 Å². The summed E-state index contributed by atoms with van der Waals surface area (Å²) in [5.74, 6) is 0. The summed E-state index contributed by atoms with van der Waals surface area (Å²) in [6, 6.07) is 0. The number of rotatable bonds is 7. The molecular formula is C16H34Br2N2. The molecule has 2 aliphatic heterocycles. The van der Waals surface area contributed by atoms with Gasteiger partial charge in [0.05, 0.1) is 53.4 Å². The molecule has 0 aliphatic carbocycles. The highest BCUT2D eigenvalue weighted by Crippen LogP contribution is 2.19. The standard InChI is InChI=1S/C16H34N2.2BrH/c1-17(13-7-8-14-17)11-5-3-4-6-12-18(2)15-9-10-16-18;;/h3-16H2,1-2H3;2*1H/q+2;;/p-2. The first-order chi connectivity index (χ1) is 8.62. The van der Waals surface area contributed by atoms with Crippen LogP contribution in [0.5, 0.6) is 0 Å². The zero-order valence-corrected chi connectivity index (χ0v) is 16.7. The molecule has 2 nitrogen and oxygen atoms in total. The zero-order chi connectivity index (χ0) is 12.9. The second-order valence-corrected chi connectivity index (χ2v) is 7.41. The number of likely N-dealkylation sites (tertiary alicyclic amines) is 2. The second kappa shape index (κ2) is 9.81. The Labute approximate surface area is 147 Å². The number of hydrogen-bond donors (Lipinski definition) is 0. The minimum absolute atomic E-state index is 0. The molecule has 2 heterocycles. The molecule has 0 aromatic carbocycles. The van der Waals surface area contributed by atoms with Crippen LogP contribution >= 0.6 is 0 Å². The summed E-state index contributed by atoms with van der Waals surface area (Å²) in [5, 5.41) is 0. The van der Waals surface area contributed by atoms with E-state index in [-0.39, 0.29) is 34.0 Å². The molecule has 20 heavy (non-hydrogen) atoms. The van der Waals surface area contributed by atoms with Crippen LogP contribution < -0.4 is 34.0 Å².